The molecule has 2 aromatic heterocycles. The van der Waals surface area contributed by atoms with Gasteiger partial charge in [0.1, 0.15) is 0 Å². The SMILES string of the molecule is Cc1ccc(C(=O)CSc2nnc(-c3ccco3)n2C(C)C2CC3CCC2C3)cc1C. The van der Waals surface area contributed by atoms with Crippen LogP contribution in [0.25, 0.3) is 11.6 Å². The van der Waals surface area contributed by atoms with Gasteiger partial charge in [0, 0.05) is 11.6 Å². The van der Waals surface area contributed by atoms with Crippen LogP contribution in [0.3, 0.4) is 0 Å². The largest absolute Gasteiger partial charge is 0.461 e. The van der Waals surface area contributed by atoms with Crippen LogP contribution in [0.15, 0.2) is 46.2 Å². The number of fused-ring (bicyclic) bond motifs is 2. The second kappa shape index (κ2) is 8.30. The number of rotatable bonds is 7. The molecule has 4 unspecified atom stereocenters. The first-order chi connectivity index (χ1) is 15.0. The third-order valence-corrected chi connectivity index (χ3v) is 8.33. The predicted octanol–water partition coefficient (Wildman–Crippen LogP) is 6.13. The number of ketones is 1. The molecule has 3 aromatic rings. The Morgan fingerprint density at radius 1 is 1.19 bits per heavy atom. The summed E-state index contributed by atoms with van der Waals surface area (Å²) >= 11 is 1.48. The zero-order valence-corrected chi connectivity index (χ0v) is 19.2. The van der Waals surface area contributed by atoms with Gasteiger partial charge in [0.25, 0.3) is 0 Å². The molecule has 0 amide bonds. The average molecular weight is 436 g/mol. The van der Waals surface area contributed by atoms with Crippen LogP contribution in [0.4, 0.5) is 0 Å². The van der Waals surface area contributed by atoms with E-state index in [1.165, 1.54) is 43.0 Å². The van der Waals surface area contributed by atoms with E-state index in [0.717, 1.165) is 39.7 Å². The lowest BCUT2D eigenvalue weighted by Gasteiger charge is -2.30. The molecular weight excluding hydrogens is 406 g/mol. The van der Waals surface area contributed by atoms with Crippen LogP contribution >= 0.6 is 11.8 Å². The number of nitrogens with zero attached hydrogens (tertiary/aromatic N) is 3. The molecule has 162 valence electrons. The Morgan fingerprint density at radius 3 is 2.74 bits per heavy atom. The van der Waals surface area contributed by atoms with Crippen LogP contribution in [0.5, 0.6) is 0 Å². The van der Waals surface area contributed by atoms with Crippen molar-refractivity contribution in [2.75, 3.05) is 5.75 Å². The smallest absolute Gasteiger partial charge is 0.200 e. The lowest BCUT2D eigenvalue weighted by Crippen LogP contribution is -2.23. The van der Waals surface area contributed by atoms with Crippen molar-refractivity contribution in [3.05, 3.63) is 53.3 Å². The number of carbonyl (C=O) groups is 1. The number of thioether (sulfide) groups is 1. The van der Waals surface area contributed by atoms with Gasteiger partial charge in [0.05, 0.1) is 12.0 Å². The molecular formula is C25H29N3O2S. The van der Waals surface area contributed by atoms with Crippen LogP contribution in [0.2, 0.25) is 0 Å². The van der Waals surface area contributed by atoms with E-state index in [1.54, 1.807) is 6.26 Å². The summed E-state index contributed by atoms with van der Waals surface area (Å²) in [5.41, 5.74) is 3.10. The quantitative estimate of drug-likeness (QED) is 0.330. The fourth-order valence-corrected chi connectivity index (χ4v) is 6.44. The van der Waals surface area contributed by atoms with Crippen molar-refractivity contribution in [3.8, 4) is 11.6 Å². The summed E-state index contributed by atoms with van der Waals surface area (Å²) in [6, 6.07) is 10.0. The summed E-state index contributed by atoms with van der Waals surface area (Å²) in [5.74, 6) is 4.27. The van der Waals surface area contributed by atoms with Gasteiger partial charge in [-0.1, -0.05) is 30.3 Å². The fourth-order valence-electron chi connectivity index (χ4n) is 5.52. The summed E-state index contributed by atoms with van der Waals surface area (Å²) in [6.07, 6.45) is 7.04. The molecule has 0 aliphatic heterocycles. The number of hydrogen-bond donors (Lipinski definition) is 0. The number of aryl methyl sites for hydroxylation is 2. The summed E-state index contributed by atoms with van der Waals surface area (Å²) in [4.78, 5) is 12.9. The number of Topliss-reactive ketones (excluding diaryl/α,β-unsaturated/α-hetero) is 1. The van der Waals surface area contributed by atoms with Gasteiger partial charge in [-0.25, -0.2) is 0 Å². The predicted molar refractivity (Wildman–Crippen MR) is 122 cm³/mol. The van der Waals surface area contributed by atoms with Crippen LogP contribution in [0, 0.1) is 31.6 Å². The van der Waals surface area contributed by atoms with Crippen LogP contribution < -0.4 is 0 Å². The average Bonchev–Trinajstić information content (AvgIpc) is 3.57. The molecule has 0 spiro atoms. The van der Waals surface area contributed by atoms with Gasteiger partial charge in [-0.3, -0.25) is 9.36 Å². The Balaban J connectivity index is 1.40. The minimum atomic E-state index is 0.120. The van der Waals surface area contributed by atoms with E-state index in [-0.39, 0.29) is 11.8 Å². The molecule has 2 bridgehead atoms. The molecule has 2 aliphatic rings. The number of furan rings is 1. The Hall–Kier alpha value is -2.34. The third-order valence-electron chi connectivity index (χ3n) is 7.39. The van der Waals surface area contributed by atoms with Gasteiger partial charge < -0.3 is 4.42 Å². The molecule has 0 radical (unpaired) electrons. The van der Waals surface area contributed by atoms with Crippen molar-refractivity contribution in [1.82, 2.24) is 14.8 Å². The first kappa shape index (κ1) is 20.6. The van der Waals surface area contributed by atoms with Crippen LogP contribution in [0.1, 0.15) is 60.1 Å². The van der Waals surface area contributed by atoms with Gasteiger partial charge in [0.2, 0.25) is 5.82 Å². The van der Waals surface area contributed by atoms with Crippen molar-refractivity contribution in [1.29, 1.82) is 0 Å². The molecule has 31 heavy (non-hydrogen) atoms. The van der Waals surface area contributed by atoms with Crippen LogP contribution in [-0.2, 0) is 0 Å². The first-order valence-corrected chi connectivity index (χ1v) is 12.2. The number of hydrogen-bond acceptors (Lipinski definition) is 5. The molecule has 4 atom stereocenters. The molecule has 2 fully saturated rings. The molecule has 0 N–H and O–H groups in total. The monoisotopic (exact) mass is 435 g/mol. The lowest BCUT2D eigenvalue weighted by molar-refractivity contribution is 0.102. The molecule has 5 rings (SSSR count). The molecule has 5 nitrogen and oxygen atoms in total. The maximum absolute atomic E-state index is 12.9. The summed E-state index contributed by atoms with van der Waals surface area (Å²) < 4.78 is 7.89. The molecule has 2 heterocycles. The molecule has 2 aliphatic carbocycles. The van der Waals surface area contributed by atoms with Gasteiger partial charge in [-0.05, 0) is 87.1 Å². The first-order valence-electron chi connectivity index (χ1n) is 11.2. The number of benzene rings is 1. The zero-order valence-electron chi connectivity index (χ0n) is 18.4. The zero-order chi connectivity index (χ0) is 21.5. The van der Waals surface area contributed by atoms with E-state index < -0.39 is 0 Å². The van der Waals surface area contributed by atoms with Crippen molar-refractivity contribution in [2.24, 2.45) is 17.8 Å². The fraction of sp³-hybridized carbons (Fsp3) is 0.480. The van der Waals surface area contributed by atoms with E-state index in [2.05, 4.69) is 28.6 Å². The summed E-state index contributed by atoms with van der Waals surface area (Å²) in [6.45, 7) is 6.40. The molecule has 6 heteroatoms. The molecule has 2 saturated carbocycles. The normalized spacial score (nSPS) is 23.4. The third kappa shape index (κ3) is 3.86. The van der Waals surface area contributed by atoms with Crippen molar-refractivity contribution < 1.29 is 9.21 Å². The Morgan fingerprint density at radius 2 is 2.06 bits per heavy atom. The number of aromatic nitrogens is 3. The van der Waals surface area contributed by atoms with Gasteiger partial charge in [0.15, 0.2) is 16.7 Å². The summed E-state index contributed by atoms with van der Waals surface area (Å²) in [5, 5.41) is 9.77. The maximum atomic E-state index is 12.9. The number of carbonyl (C=O) groups excluding carboxylic acids is 1. The Kier molecular flexibility index (Phi) is 5.51. The molecule has 0 saturated heterocycles. The highest BCUT2D eigenvalue weighted by Crippen LogP contribution is 2.53. The van der Waals surface area contributed by atoms with Crippen LogP contribution in [-0.4, -0.2) is 26.3 Å². The summed E-state index contributed by atoms with van der Waals surface area (Å²) in [7, 11) is 0. The highest BCUT2D eigenvalue weighted by atomic mass is 32.2. The topological polar surface area (TPSA) is 60.9 Å². The standard InChI is InChI=1S/C25H29N3O2S/c1-15-6-8-20(11-16(15)2)22(29)14-31-25-27-26-24(23-5-4-10-30-23)28(25)17(3)21-13-18-7-9-19(21)12-18/h4-6,8,10-11,17-19,21H,7,9,12-14H2,1-3H3. The van der Waals surface area contributed by atoms with E-state index in [1.807, 2.05) is 37.3 Å². The Labute approximate surface area is 187 Å². The van der Waals surface area contributed by atoms with E-state index in [9.17, 15) is 4.79 Å². The lowest BCUT2D eigenvalue weighted by atomic mass is 9.84. The van der Waals surface area contributed by atoms with E-state index in [0.29, 0.717) is 11.7 Å². The molecule has 1 aromatic carbocycles. The highest BCUT2D eigenvalue weighted by molar-refractivity contribution is 7.99. The highest BCUT2D eigenvalue weighted by Gasteiger charge is 2.43. The van der Waals surface area contributed by atoms with E-state index in [4.69, 9.17) is 4.42 Å². The van der Waals surface area contributed by atoms with Crippen molar-refractivity contribution in [2.45, 2.75) is 57.7 Å². The van der Waals surface area contributed by atoms with Gasteiger partial charge >= 0.3 is 0 Å². The Bertz CT molecular complexity index is 1090. The van der Waals surface area contributed by atoms with Crippen molar-refractivity contribution >= 4 is 17.5 Å². The minimum Gasteiger partial charge on any atom is -0.461 e. The van der Waals surface area contributed by atoms with Gasteiger partial charge in [-0.15, -0.1) is 10.2 Å². The van der Waals surface area contributed by atoms with Crippen molar-refractivity contribution in [3.63, 3.8) is 0 Å². The maximum Gasteiger partial charge on any atom is 0.200 e. The van der Waals surface area contributed by atoms with Gasteiger partial charge in [-0.2, -0.15) is 0 Å². The second-order valence-electron chi connectivity index (χ2n) is 9.24. The minimum absolute atomic E-state index is 0.120. The van der Waals surface area contributed by atoms with E-state index >= 15 is 0 Å². The second-order valence-corrected chi connectivity index (χ2v) is 10.2.